The fraction of sp³-hybridized carbons (Fsp3) is 0.250. The second-order valence-corrected chi connectivity index (χ2v) is 7.61. The van der Waals surface area contributed by atoms with Gasteiger partial charge in [-0.05, 0) is 49.6 Å². The first-order chi connectivity index (χ1) is 12.4. The molecule has 1 fully saturated rings. The number of benzene rings is 2. The maximum absolute atomic E-state index is 13.1. The average molecular weight is 369 g/mol. The summed E-state index contributed by atoms with van der Waals surface area (Å²) >= 11 is 1.38. The van der Waals surface area contributed by atoms with E-state index in [9.17, 15) is 9.18 Å². The SMILES string of the molecule is Cc1ccc(/C=N\N=C2/S[C@H](C)C(=O)N2Cc2ccc(F)cc2)c(C)c1. The second kappa shape index (κ2) is 7.83. The Kier molecular flexibility index (Phi) is 5.52. The zero-order chi connectivity index (χ0) is 18.7. The van der Waals surface area contributed by atoms with Crippen LogP contribution in [0, 0.1) is 19.7 Å². The fourth-order valence-corrected chi connectivity index (χ4v) is 3.61. The van der Waals surface area contributed by atoms with Crippen LogP contribution in [0.4, 0.5) is 4.39 Å². The first kappa shape index (κ1) is 18.3. The molecule has 1 heterocycles. The van der Waals surface area contributed by atoms with E-state index in [2.05, 4.69) is 16.3 Å². The van der Waals surface area contributed by atoms with Gasteiger partial charge in [-0.15, -0.1) is 5.10 Å². The van der Waals surface area contributed by atoms with Crippen LogP contribution in [0.25, 0.3) is 0 Å². The Bertz CT molecular complexity index is 877. The Morgan fingerprint density at radius 1 is 1.19 bits per heavy atom. The van der Waals surface area contributed by atoms with Crippen LogP contribution < -0.4 is 0 Å². The van der Waals surface area contributed by atoms with E-state index in [0.29, 0.717) is 11.7 Å². The summed E-state index contributed by atoms with van der Waals surface area (Å²) in [5.74, 6) is -0.309. The van der Waals surface area contributed by atoms with E-state index >= 15 is 0 Å². The highest BCUT2D eigenvalue weighted by molar-refractivity contribution is 8.15. The predicted octanol–water partition coefficient (Wildman–Crippen LogP) is 4.30. The van der Waals surface area contributed by atoms with Crippen molar-refractivity contribution in [2.24, 2.45) is 10.2 Å². The number of carbonyl (C=O) groups excluding carboxylic acids is 1. The standard InChI is InChI=1S/C20H20FN3OS/c1-13-4-7-17(14(2)10-13)11-22-23-20-24(19(25)15(3)26-20)12-16-5-8-18(21)9-6-16/h4-11,15H,12H2,1-3H3/b22-11-,23-20-/t15-/m1/s1. The Hall–Kier alpha value is -2.47. The Labute approximate surface area is 156 Å². The molecular formula is C20H20FN3OS. The van der Waals surface area contributed by atoms with Crippen molar-refractivity contribution < 1.29 is 9.18 Å². The molecule has 134 valence electrons. The van der Waals surface area contributed by atoms with E-state index in [-0.39, 0.29) is 17.0 Å². The number of carbonyl (C=O) groups is 1. The molecule has 0 bridgehead atoms. The van der Waals surface area contributed by atoms with E-state index in [1.807, 2.05) is 32.9 Å². The maximum atomic E-state index is 13.1. The Balaban J connectivity index is 1.79. The molecule has 0 spiro atoms. The minimum absolute atomic E-state index is 0.0141. The lowest BCUT2D eigenvalue weighted by Gasteiger charge is -2.15. The van der Waals surface area contributed by atoms with Gasteiger partial charge in [-0.25, -0.2) is 4.39 Å². The number of hydrogen-bond donors (Lipinski definition) is 0. The van der Waals surface area contributed by atoms with Crippen LogP contribution in [0.15, 0.2) is 52.7 Å². The van der Waals surface area contributed by atoms with E-state index in [4.69, 9.17) is 0 Å². The lowest BCUT2D eigenvalue weighted by molar-refractivity contribution is -0.126. The van der Waals surface area contributed by atoms with Crippen LogP contribution in [0.3, 0.4) is 0 Å². The highest BCUT2D eigenvalue weighted by Gasteiger charge is 2.35. The molecule has 0 unspecified atom stereocenters. The van der Waals surface area contributed by atoms with Crippen molar-refractivity contribution in [1.29, 1.82) is 0 Å². The summed E-state index contributed by atoms with van der Waals surface area (Å²) in [6, 6.07) is 12.2. The van der Waals surface area contributed by atoms with Gasteiger partial charge >= 0.3 is 0 Å². The summed E-state index contributed by atoms with van der Waals surface area (Å²) in [6.45, 7) is 6.28. The van der Waals surface area contributed by atoms with Crippen molar-refractivity contribution in [2.45, 2.75) is 32.6 Å². The lowest BCUT2D eigenvalue weighted by Crippen LogP contribution is -2.30. The number of hydrogen-bond acceptors (Lipinski definition) is 4. The van der Waals surface area contributed by atoms with Crippen LogP contribution in [-0.2, 0) is 11.3 Å². The van der Waals surface area contributed by atoms with Crippen molar-refractivity contribution in [2.75, 3.05) is 0 Å². The third kappa shape index (κ3) is 4.19. The third-order valence-electron chi connectivity index (χ3n) is 4.15. The molecule has 1 aliphatic rings. The van der Waals surface area contributed by atoms with Crippen molar-refractivity contribution >= 4 is 29.1 Å². The van der Waals surface area contributed by atoms with Gasteiger partial charge in [-0.1, -0.05) is 47.7 Å². The first-order valence-electron chi connectivity index (χ1n) is 8.35. The van der Waals surface area contributed by atoms with Gasteiger partial charge in [-0.2, -0.15) is 5.10 Å². The number of amidine groups is 1. The quantitative estimate of drug-likeness (QED) is 0.596. The molecule has 2 aromatic rings. The van der Waals surface area contributed by atoms with E-state index in [1.165, 1.54) is 29.5 Å². The van der Waals surface area contributed by atoms with Gasteiger partial charge in [0.2, 0.25) is 5.91 Å². The molecule has 26 heavy (non-hydrogen) atoms. The molecular weight excluding hydrogens is 349 g/mol. The highest BCUT2D eigenvalue weighted by atomic mass is 32.2. The predicted molar refractivity (Wildman–Crippen MR) is 105 cm³/mol. The zero-order valence-electron chi connectivity index (χ0n) is 14.9. The Morgan fingerprint density at radius 2 is 1.92 bits per heavy atom. The van der Waals surface area contributed by atoms with E-state index in [1.54, 1.807) is 23.2 Å². The van der Waals surface area contributed by atoms with Crippen molar-refractivity contribution in [1.82, 2.24) is 4.90 Å². The monoisotopic (exact) mass is 369 g/mol. The first-order valence-corrected chi connectivity index (χ1v) is 9.23. The molecule has 1 saturated heterocycles. The summed E-state index contributed by atoms with van der Waals surface area (Å²) in [7, 11) is 0. The number of nitrogens with zero attached hydrogens (tertiary/aromatic N) is 3. The van der Waals surface area contributed by atoms with Gasteiger partial charge in [0.1, 0.15) is 5.82 Å². The molecule has 1 aliphatic heterocycles. The van der Waals surface area contributed by atoms with Crippen LogP contribution in [-0.4, -0.2) is 27.4 Å². The van der Waals surface area contributed by atoms with Crippen molar-refractivity contribution in [3.63, 3.8) is 0 Å². The average Bonchev–Trinajstić information content (AvgIpc) is 2.86. The highest BCUT2D eigenvalue weighted by Crippen LogP contribution is 2.28. The van der Waals surface area contributed by atoms with E-state index in [0.717, 1.165) is 16.7 Å². The van der Waals surface area contributed by atoms with Crippen LogP contribution >= 0.6 is 11.8 Å². The summed E-state index contributed by atoms with van der Waals surface area (Å²) in [6.07, 6.45) is 1.70. The number of thioether (sulfide) groups is 1. The molecule has 1 amide bonds. The van der Waals surface area contributed by atoms with Crippen molar-refractivity contribution in [3.05, 3.63) is 70.5 Å². The largest absolute Gasteiger partial charge is 0.284 e. The fourth-order valence-electron chi connectivity index (χ4n) is 2.69. The number of halogens is 1. The van der Waals surface area contributed by atoms with Crippen molar-refractivity contribution in [3.8, 4) is 0 Å². The van der Waals surface area contributed by atoms with Crippen LogP contribution in [0.5, 0.6) is 0 Å². The lowest BCUT2D eigenvalue weighted by atomic mass is 10.1. The van der Waals surface area contributed by atoms with Gasteiger partial charge < -0.3 is 0 Å². The minimum atomic E-state index is -0.295. The van der Waals surface area contributed by atoms with Crippen LogP contribution in [0.2, 0.25) is 0 Å². The molecule has 0 N–H and O–H groups in total. The van der Waals surface area contributed by atoms with Gasteiger partial charge in [-0.3, -0.25) is 9.69 Å². The minimum Gasteiger partial charge on any atom is -0.284 e. The normalized spacial score (nSPS) is 19.1. The molecule has 0 radical (unpaired) electrons. The molecule has 2 aromatic carbocycles. The summed E-state index contributed by atoms with van der Waals surface area (Å²) in [5.41, 5.74) is 4.16. The van der Waals surface area contributed by atoms with Gasteiger partial charge in [0.05, 0.1) is 18.0 Å². The molecule has 6 heteroatoms. The summed E-state index contributed by atoms with van der Waals surface area (Å²) in [4.78, 5) is 14.0. The number of rotatable bonds is 4. The molecule has 0 aliphatic carbocycles. The molecule has 3 rings (SSSR count). The maximum Gasteiger partial charge on any atom is 0.242 e. The molecule has 4 nitrogen and oxygen atoms in total. The zero-order valence-corrected chi connectivity index (χ0v) is 15.8. The summed E-state index contributed by atoms with van der Waals surface area (Å²) in [5, 5.41) is 8.79. The topological polar surface area (TPSA) is 45.0 Å². The molecule has 0 saturated carbocycles. The van der Waals surface area contributed by atoms with E-state index < -0.39 is 0 Å². The Morgan fingerprint density at radius 3 is 2.62 bits per heavy atom. The van der Waals surface area contributed by atoms with Gasteiger partial charge in [0.25, 0.3) is 0 Å². The van der Waals surface area contributed by atoms with Gasteiger partial charge in [0, 0.05) is 0 Å². The summed E-state index contributed by atoms with van der Waals surface area (Å²) < 4.78 is 13.1. The number of amides is 1. The second-order valence-electron chi connectivity index (χ2n) is 6.30. The third-order valence-corrected chi connectivity index (χ3v) is 5.21. The number of aryl methyl sites for hydroxylation is 2. The smallest absolute Gasteiger partial charge is 0.242 e. The molecule has 1 atom stereocenters. The molecule has 0 aromatic heterocycles. The van der Waals surface area contributed by atoms with Gasteiger partial charge in [0.15, 0.2) is 5.17 Å². The van der Waals surface area contributed by atoms with Crippen LogP contribution in [0.1, 0.15) is 29.2 Å².